The summed E-state index contributed by atoms with van der Waals surface area (Å²) >= 11 is 6.01. The Morgan fingerprint density at radius 3 is 2.93 bits per heavy atom. The van der Waals surface area contributed by atoms with Crippen LogP contribution in [0.2, 0.25) is 5.02 Å². The predicted molar refractivity (Wildman–Crippen MR) is 104 cm³/mol. The molecule has 2 aromatic carbocycles. The van der Waals surface area contributed by atoms with Gasteiger partial charge in [-0.3, -0.25) is 4.79 Å². The smallest absolute Gasteiger partial charge is 0.274 e. The number of rotatable bonds is 5. The Morgan fingerprint density at radius 2 is 2.11 bits per heavy atom. The first-order valence-corrected chi connectivity index (χ1v) is 8.99. The van der Waals surface area contributed by atoms with E-state index in [2.05, 4.69) is 15.1 Å². The van der Waals surface area contributed by atoms with Crippen LogP contribution in [0.3, 0.4) is 0 Å². The number of nitrogens with zero attached hydrogens (tertiary/aromatic N) is 3. The highest BCUT2D eigenvalue weighted by Gasteiger charge is 2.15. The van der Waals surface area contributed by atoms with Crippen molar-refractivity contribution in [1.82, 2.24) is 20.0 Å². The molecule has 4 aromatic rings. The van der Waals surface area contributed by atoms with Crippen LogP contribution in [0.25, 0.3) is 22.5 Å². The van der Waals surface area contributed by atoms with Gasteiger partial charge in [-0.1, -0.05) is 22.8 Å². The maximum atomic E-state index is 13.3. The van der Waals surface area contributed by atoms with Crippen LogP contribution in [0.5, 0.6) is 0 Å². The number of fused-ring (bicyclic) bond motifs is 1. The number of benzene rings is 2. The Balaban J connectivity index is 1.43. The van der Waals surface area contributed by atoms with Gasteiger partial charge in [0.15, 0.2) is 5.82 Å². The van der Waals surface area contributed by atoms with Gasteiger partial charge in [-0.05, 0) is 42.5 Å². The molecule has 6 nitrogen and oxygen atoms in total. The van der Waals surface area contributed by atoms with Gasteiger partial charge in [0.25, 0.3) is 11.8 Å². The fraction of sp³-hybridized carbons (Fsp3) is 0.150. The number of aromatic nitrogens is 3. The quantitative estimate of drug-likeness (QED) is 0.543. The van der Waals surface area contributed by atoms with E-state index >= 15 is 0 Å². The first kappa shape index (κ1) is 18.2. The van der Waals surface area contributed by atoms with E-state index in [0.717, 1.165) is 10.9 Å². The van der Waals surface area contributed by atoms with Gasteiger partial charge < -0.3 is 14.4 Å². The highest BCUT2D eigenvalue weighted by molar-refractivity contribution is 6.31. The number of aromatic amines is 1. The lowest BCUT2D eigenvalue weighted by Gasteiger charge is -2.16. The number of hydrogen-bond donors (Lipinski definition) is 1. The fourth-order valence-electron chi connectivity index (χ4n) is 2.89. The zero-order valence-corrected chi connectivity index (χ0v) is 15.7. The van der Waals surface area contributed by atoms with Crippen LogP contribution < -0.4 is 0 Å². The molecule has 28 heavy (non-hydrogen) atoms. The molecule has 142 valence electrons. The molecular formula is C20H16ClFN4O2. The van der Waals surface area contributed by atoms with E-state index in [1.807, 2.05) is 18.2 Å². The van der Waals surface area contributed by atoms with Crippen molar-refractivity contribution < 1.29 is 13.7 Å². The second kappa shape index (κ2) is 7.44. The molecule has 0 spiro atoms. The van der Waals surface area contributed by atoms with Crippen molar-refractivity contribution in [2.75, 3.05) is 13.6 Å². The molecule has 0 radical (unpaired) electrons. The Hall–Kier alpha value is -3.19. The Morgan fingerprint density at radius 1 is 1.25 bits per heavy atom. The molecule has 2 aromatic heterocycles. The van der Waals surface area contributed by atoms with Crippen LogP contribution in [0.15, 0.2) is 53.1 Å². The maximum absolute atomic E-state index is 13.3. The van der Waals surface area contributed by atoms with E-state index in [4.69, 9.17) is 16.1 Å². The van der Waals surface area contributed by atoms with E-state index in [9.17, 15) is 9.18 Å². The van der Waals surface area contributed by atoms with E-state index in [0.29, 0.717) is 41.0 Å². The molecule has 0 aliphatic heterocycles. The highest BCUT2D eigenvalue weighted by atomic mass is 35.5. The minimum atomic E-state index is -0.443. The number of amides is 1. The molecule has 0 saturated carbocycles. The second-order valence-electron chi connectivity index (χ2n) is 6.42. The first-order valence-electron chi connectivity index (χ1n) is 8.62. The molecule has 4 rings (SSSR count). The molecule has 0 atom stereocenters. The van der Waals surface area contributed by atoms with E-state index in [1.54, 1.807) is 19.2 Å². The van der Waals surface area contributed by atoms with Gasteiger partial charge in [-0.15, -0.1) is 0 Å². The minimum Gasteiger partial charge on any atom is -0.351 e. The average molecular weight is 399 g/mol. The lowest BCUT2D eigenvalue weighted by atomic mass is 10.2. The van der Waals surface area contributed by atoms with Crippen molar-refractivity contribution in [2.24, 2.45) is 0 Å². The van der Waals surface area contributed by atoms with Crippen molar-refractivity contribution >= 4 is 28.4 Å². The molecule has 1 N–H and O–H groups in total. The summed E-state index contributed by atoms with van der Waals surface area (Å²) in [7, 11) is 1.65. The Kier molecular flexibility index (Phi) is 4.83. The summed E-state index contributed by atoms with van der Waals surface area (Å²) in [6, 6.07) is 13.0. The van der Waals surface area contributed by atoms with Crippen LogP contribution in [0, 0.1) is 5.82 Å². The number of halogens is 2. The second-order valence-corrected chi connectivity index (χ2v) is 6.85. The van der Waals surface area contributed by atoms with Crippen molar-refractivity contribution in [3.8, 4) is 11.6 Å². The zero-order valence-electron chi connectivity index (χ0n) is 14.9. The topological polar surface area (TPSA) is 75.0 Å². The first-order chi connectivity index (χ1) is 13.5. The van der Waals surface area contributed by atoms with Crippen LogP contribution >= 0.6 is 11.6 Å². The fourth-order valence-corrected chi connectivity index (χ4v) is 3.08. The maximum Gasteiger partial charge on any atom is 0.274 e. The lowest BCUT2D eigenvalue weighted by molar-refractivity contribution is 0.0795. The van der Waals surface area contributed by atoms with Gasteiger partial charge in [-0.25, -0.2) is 4.39 Å². The highest BCUT2D eigenvalue weighted by Crippen LogP contribution is 2.25. The number of carbonyl (C=O) groups is 1. The molecule has 0 bridgehead atoms. The molecule has 0 saturated heterocycles. The van der Waals surface area contributed by atoms with Crippen LogP contribution in [-0.2, 0) is 6.42 Å². The Bertz CT molecular complexity index is 1150. The standard InChI is InChI=1S/C20H16ClFN4O2/c1-26(20(27)12-3-2-4-15(22)10-12)8-7-18-24-19(28-25-18)17-11-13-9-14(21)5-6-16(13)23-17/h2-6,9-11,23H,7-8H2,1H3. The average Bonchev–Trinajstić information content (AvgIpc) is 3.31. The van der Waals surface area contributed by atoms with Gasteiger partial charge in [0.05, 0.1) is 0 Å². The van der Waals surface area contributed by atoms with Crippen molar-refractivity contribution in [1.29, 1.82) is 0 Å². The number of H-pyrrole nitrogens is 1. The van der Waals surface area contributed by atoms with E-state index < -0.39 is 5.82 Å². The van der Waals surface area contributed by atoms with Crippen molar-refractivity contribution in [2.45, 2.75) is 6.42 Å². The van der Waals surface area contributed by atoms with Gasteiger partial charge in [0.2, 0.25) is 0 Å². The summed E-state index contributed by atoms with van der Waals surface area (Å²) in [5, 5.41) is 5.56. The SMILES string of the molecule is CN(CCc1noc(-c2cc3cc(Cl)ccc3[nH]2)n1)C(=O)c1cccc(F)c1. The molecule has 0 fully saturated rings. The number of nitrogens with one attached hydrogen (secondary N) is 1. The van der Waals surface area contributed by atoms with Crippen molar-refractivity contribution in [3.63, 3.8) is 0 Å². The third kappa shape index (κ3) is 3.75. The summed E-state index contributed by atoms with van der Waals surface area (Å²) in [6.45, 7) is 0.372. The van der Waals surface area contributed by atoms with Crippen molar-refractivity contribution in [3.05, 3.63) is 70.8 Å². The number of carbonyl (C=O) groups excluding carboxylic acids is 1. The predicted octanol–water partition coefficient (Wildman–Crippen LogP) is 4.33. The molecule has 0 unspecified atom stereocenters. The summed E-state index contributed by atoms with van der Waals surface area (Å²) < 4.78 is 18.6. The Labute approximate surface area is 164 Å². The van der Waals surface area contributed by atoms with Crippen LogP contribution in [0.1, 0.15) is 16.2 Å². The molecule has 0 aliphatic rings. The molecule has 0 aliphatic carbocycles. The van der Waals surface area contributed by atoms with Crippen LogP contribution in [-0.4, -0.2) is 39.5 Å². The normalized spacial score (nSPS) is 11.1. The summed E-state index contributed by atoms with van der Waals surface area (Å²) in [5.74, 6) is 0.129. The third-order valence-electron chi connectivity index (χ3n) is 4.37. The van der Waals surface area contributed by atoms with E-state index in [1.165, 1.54) is 23.1 Å². The van der Waals surface area contributed by atoms with Crippen LogP contribution in [0.4, 0.5) is 4.39 Å². The third-order valence-corrected chi connectivity index (χ3v) is 4.61. The van der Waals surface area contributed by atoms with Gasteiger partial charge in [-0.2, -0.15) is 4.98 Å². The summed E-state index contributed by atoms with van der Waals surface area (Å²) in [6.07, 6.45) is 0.410. The molecule has 1 amide bonds. The molecule has 8 heteroatoms. The van der Waals surface area contributed by atoms with E-state index in [-0.39, 0.29) is 5.91 Å². The zero-order chi connectivity index (χ0) is 19.7. The molecular weight excluding hydrogens is 383 g/mol. The van der Waals surface area contributed by atoms with Gasteiger partial charge >= 0.3 is 0 Å². The lowest BCUT2D eigenvalue weighted by Crippen LogP contribution is -2.29. The molecule has 2 heterocycles. The number of hydrogen-bond acceptors (Lipinski definition) is 4. The monoisotopic (exact) mass is 398 g/mol. The number of likely N-dealkylation sites (N-methyl/N-ethyl adjacent to an activating group) is 1. The largest absolute Gasteiger partial charge is 0.351 e. The summed E-state index contributed by atoms with van der Waals surface area (Å²) in [5.41, 5.74) is 1.91. The summed E-state index contributed by atoms with van der Waals surface area (Å²) in [4.78, 5) is 21.4. The minimum absolute atomic E-state index is 0.268. The van der Waals surface area contributed by atoms with Gasteiger partial charge in [0.1, 0.15) is 11.5 Å². The van der Waals surface area contributed by atoms with Gasteiger partial charge in [0, 0.05) is 41.5 Å².